The molecular weight excluding hydrogens is 152 g/mol. The smallest absolute Gasteiger partial charge is 0.0620 e. The lowest BCUT2D eigenvalue weighted by atomic mass is 9.74. The molecule has 0 aliphatic heterocycles. The highest BCUT2D eigenvalue weighted by atomic mass is 16.3. The fourth-order valence-electron chi connectivity index (χ4n) is 1.94. The van der Waals surface area contributed by atoms with Crippen LogP contribution in [0.2, 0.25) is 0 Å². The minimum absolute atomic E-state index is 0.213. The first-order valence-corrected chi connectivity index (χ1v) is 4.81. The molecule has 2 heteroatoms. The Hall–Kier alpha value is -0.0800. The molecule has 0 bridgehead atoms. The number of aliphatic hydroxyl groups is 2. The molecule has 0 aromatic carbocycles. The Morgan fingerprint density at radius 3 is 2.25 bits per heavy atom. The molecule has 1 rings (SSSR count). The Morgan fingerprint density at radius 2 is 1.83 bits per heavy atom. The maximum absolute atomic E-state index is 9.74. The first-order valence-electron chi connectivity index (χ1n) is 4.81. The van der Waals surface area contributed by atoms with Crippen molar-refractivity contribution in [2.24, 2.45) is 11.8 Å². The van der Waals surface area contributed by atoms with Gasteiger partial charge in [0.05, 0.1) is 11.7 Å². The summed E-state index contributed by atoms with van der Waals surface area (Å²) in [6.07, 6.45) is 2.62. The van der Waals surface area contributed by atoms with Crippen LogP contribution < -0.4 is 0 Å². The Kier molecular flexibility index (Phi) is 2.79. The zero-order valence-corrected chi connectivity index (χ0v) is 8.25. The molecule has 0 aromatic heterocycles. The van der Waals surface area contributed by atoms with Gasteiger partial charge >= 0.3 is 0 Å². The van der Waals surface area contributed by atoms with Gasteiger partial charge in [0.2, 0.25) is 0 Å². The summed E-state index contributed by atoms with van der Waals surface area (Å²) in [7, 11) is 0. The van der Waals surface area contributed by atoms with Crippen LogP contribution >= 0.6 is 0 Å². The van der Waals surface area contributed by atoms with E-state index in [0.29, 0.717) is 5.92 Å². The summed E-state index contributed by atoms with van der Waals surface area (Å²) in [5, 5.41) is 19.3. The predicted molar refractivity (Wildman–Crippen MR) is 48.8 cm³/mol. The largest absolute Gasteiger partial charge is 0.393 e. The predicted octanol–water partition coefficient (Wildman–Crippen LogP) is 1.55. The Morgan fingerprint density at radius 1 is 1.25 bits per heavy atom. The fourth-order valence-corrected chi connectivity index (χ4v) is 1.94. The second kappa shape index (κ2) is 3.35. The van der Waals surface area contributed by atoms with E-state index in [4.69, 9.17) is 0 Å². The quantitative estimate of drug-likeness (QED) is 0.630. The van der Waals surface area contributed by atoms with Crippen molar-refractivity contribution in [2.45, 2.75) is 51.7 Å². The molecule has 0 amide bonds. The number of rotatable bonds is 1. The van der Waals surface area contributed by atoms with Crippen molar-refractivity contribution in [3.8, 4) is 0 Å². The minimum atomic E-state index is -0.624. The van der Waals surface area contributed by atoms with Crippen LogP contribution in [0.5, 0.6) is 0 Å². The molecule has 2 nitrogen and oxygen atoms in total. The van der Waals surface area contributed by atoms with Crippen LogP contribution in [0, 0.1) is 11.8 Å². The van der Waals surface area contributed by atoms with E-state index >= 15 is 0 Å². The molecule has 3 atom stereocenters. The number of hydrogen-bond acceptors (Lipinski definition) is 2. The summed E-state index contributed by atoms with van der Waals surface area (Å²) < 4.78 is 0. The zero-order valence-electron chi connectivity index (χ0n) is 8.25. The van der Waals surface area contributed by atoms with Gasteiger partial charge < -0.3 is 10.2 Å². The summed E-state index contributed by atoms with van der Waals surface area (Å²) in [4.78, 5) is 0. The summed E-state index contributed by atoms with van der Waals surface area (Å²) in [6.45, 7) is 5.74. The van der Waals surface area contributed by atoms with Crippen molar-refractivity contribution in [3.63, 3.8) is 0 Å². The Balaban J connectivity index is 2.51. The van der Waals surface area contributed by atoms with E-state index in [1.54, 1.807) is 0 Å². The molecule has 0 saturated heterocycles. The first-order chi connectivity index (χ1) is 5.41. The van der Waals surface area contributed by atoms with Crippen LogP contribution in [0.3, 0.4) is 0 Å². The molecule has 0 spiro atoms. The summed E-state index contributed by atoms with van der Waals surface area (Å²) in [5.41, 5.74) is -0.624. The summed E-state index contributed by atoms with van der Waals surface area (Å²) in [6, 6.07) is 0. The Bertz CT molecular complexity index is 148. The van der Waals surface area contributed by atoms with Gasteiger partial charge in [-0.2, -0.15) is 0 Å². The van der Waals surface area contributed by atoms with Crippen molar-refractivity contribution >= 4 is 0 Å². The molecule has 0 heterocycles. The van der Waals surface area contributed by atoms with Crippen molar-refractivity contribution < 1.29 is 10.2 Å². The normalized spacial score (nSPS) is 38.2. The number of aliphatic hydroxyl groups excluding tert-OH is 1. The molecule has 2 N–H and O–H groups in total. The highest BCUT2D eigenvalue weighted by molar-refractivity contribution is 4.85. The summed E-state index contributed by atoms with van der Waals surface area (Å²) in [5.74, 6) is 0.673. The second-order valence-electron chi connectivity index (χ2n) is 4.71. The van der Waals surface area contributed by atoms with Gasteiger partial charge in [0.15, 0.2) is 0 Å². The van der Waals surface area contributed by atoms with E-state index in [0.717, 1.165) is 19.3 Å². The van der Waals surface area contributed by atoms with E-state index in [1.165, 1.54) is 0 Å². The van der Waals surface area contributed by atoms with Crippen molar-refractivity contribution in [2.75, 3.05) is 0 Å². The highest BCUT2D eigenvalue weighted by Gasteiger charge is 2.34. The lowest BCUT2D eigenvalue weighted by molar-refractivity contribution is -0.0443. The monoisotopic (exact) mass is 172 g/mol. The van der Waals surface area contributed by atoms with Gasteiger partial charge in [0, 0.05) is 0 Å². The van der Waals surface area contributed by atoms with E-state index in [2.05, 4.69) is 6.92 Å². The van der Waals surface area contributed by atoms with E-state index < -0.39 is 5.60 Å². The lowest BCUT2D eigenvalue weighted by Crippen LogP contribution is -2.39. The van der Waals surface area contributed by atoms with Crippen LogP contribution in [0.25, 0.3) is 0 Å². The van der Waals surface area contributed by atoms with Crippen LogP contribution in [-0.2, 0) is 0 Å². The van der Waals surface area contributed by atoms with E-state index in [-0.39, 0.29) is 12.0 Å². The average Bonchev–Trinajstić information content (AvgIpc) is 1.92. The van der Waals surface area contributed by atoms with Crippen molar-refractivity contribution in [3.05, 3.63) is 0 Å². The van der Waals surface area contributed by atoms with Gasteiger partial charge in [-0.05, 0) is 44.9 Å². The molecule has 1 fully saturated rings. The van der Waals surface area contributed by atoms with Crippen LogP contribution in [0.4, 0.5) is 0 Å². The lowest BCUT2D eigenvalue weighted by Gasteiger charge is -2.37. The zero-order chi connectivity index (χ0) is 9.35. The molecule has 1 saturated carbocycles. The van der Waals surface area contributed by atoms with E-state index in [1.807, 2.05) is 13.8 Å². The third kappa shape index (κ3) is 2.20. The third-order valence-electron chi connectivity index (χ3n) is 3.15. The van der Waals surface area contributed by atoms with Crippen LogP contribution in [0.1, 0.15) is 40.0 Å². The van der Waals surface area contributed by atoms with Crippen LogP contribution in [0.15, 0.2) is 0 Å². The fraction of sp³-hybridized carbons (Fsp3) is 1.00. The summed E-state index contributed by atoms with van der Waals surface area (Å²) >= 11 is 0. The molecule has 72 valence electrons. The average molecular weight is 172 g/mol. The molecule has 1 unspecified atom stereocenters. The van der Waals surface area contributed by atoms with Crippen molar-refractivity contribution in [1.29, 1.82) is 0 Å². The van der Waals surface area contributed by atoms with E-state index in [9.17, 15) is 10.2 Å². The molecule has 1 aliphatic rings. The number of hydrogen-bond donors (Lipinski definition) is 2. The SMILES string of the molecule is C[C@@H]1CC[C@@H](C(C)(C)O)CC1O. The molecule has 0 aromatic rings. The van der Waals surface area contributed by atoms with Gasteiger partial charge in [-0.3, -0.25) is 0 Å². The van der Waals surface area contributed by atoms with Crippen LogP contribution in [-0.4, -0.2) is 21.9 Å². The topological polar surface area (TPSA) is 40.5 Å². The first kappa shape index (κ1) is 10.0. The minimum Gasteiger partial charge on any atom is -0.393 e. The van der Waals surface area contributed by atoms with Gasteiger partial charge in [0.25, 0.3) is 0 Å². The van der Waals surface area contributed by atoms with Gasteiger partial charge in [-0.15, -0.1) is 0 Å². The second-order valence-corrected chi connectivity index (χ2v) is 4.71. The maximum atomic E-state index is 9.74. The Labute approximate surface area is 74.6 Å². The standard InChI is InChI=1S/C10H20O2/c1-7-4-5-8(6-9(7)11)10(2,3)12/h7-9,11-12H,4-6H2,1-3H3/t7-,8-,9?/m1/s1. The van der Waals surface area contributed by atoms with Crippen molar-refractivity contribution in [1.82, 2.24) is 0 Å². The molecular formula is C10H20O2. The molecule has 1 aliphatic carbocycles. The highest BCUT2D eigenvalue weighted by Crippen LogP contribution is 2.35. The molecule has 0 radical (unpaired) electrons. The van der Waals surface area contributed by atoms with Gasteiger partial charge in [-0.25, -0.2) is 0 Å². The van der Waals surface area contributed by atoms with Gasteiger partial charge in [0.1, 0.15) is 0 Å². The molecule has 12 heavy (non-hydrogen) atoms. The van der Waals surface area contributed by atoms with Gasteiger partial charge in [-0.1, -0.05) is 6.92 Å². The third-order valence-corrected chi connectivity index (χ3v) is 3.15. The maximum Gasteiger partial charge on any atom is 0.0620 e.